The number of imidazole rings is 1. The van der Waals surface area contributed by atoms with Crippen LogP contribution >= 0.6 is 11.8 Å². The minimum atomic E-state index is 0.237. The van der Waals surface area contributed by atoms with E-state index in [4.69, 9.17) is 14.0 Å². The molecule has 0 saturated carbocycles. The minimum absolute atomic E-state index is 0.237. The van der Waals surface area contributed by atoms with Crippen LogP contribution in [0.2, 0.25) is 0 Å². The summed E-state index contributed by atoms with van der Waals surface area (Å²) in [6, 6.07) is 7.52. The van der Waals surface area contributed by atoms with Crippen molar-refractivity contribution < 1.29 is 14.0 Å². The van der Waals surface area contributed by atoms with Gasteiger partial charge in [-0.25, -0.2) is 4.98 Å². The number of nitrogens with zero attached hydrogens (tertiary/aromatic N) is 5. The molecule has 5 rings (SSSR count). The number of rotatable bonds is 4. The Bertz CT molecular complexity index is 1110. The van der Waals surface area contributed by atoms with Crippen molar-refractivity contribution in [3.63, 3.8) is 0 Å². The maximum Gasteiger partial charge on any atom is 0.237 e. The van der Waals surface area contributed by atoms with Gasteiger partial charge in [-0.3, -0.25) is 4.98 Å². The number of aromatic nitrogens is 5. The molecule has 0 N–H and O–H groups in total. The van der Waals surface area contributed by atoms with Crippen LogP contribution in [0.3, 0.4) is 0 Å². The second-order valence-corrected chi connectivity index (χ2v) is 6.63. The molecule has 4 heterocycles. The molecule has 1 aliphatic rings. The number of pyridine rings is 1. The summed E-state index contributed by atoms with van der Waals surface area (Å²) in [5, 5.41) is 4.93. The first-order chi connectivity index (χ1) is 12.8. The van der Waals surface area contributed by atoms with Crippen molar-refractivity contribution in [3.05, 3.63) is 42.5 Å². The summed E-state index contributed by atoms with van der Waals surface area (Å²) in [5.41, 5.74) is 2.72. The van der Waals surface area contributed by atoms with E-state index in [2.05, 4.69) is 20.1 Å². The molecule has 8 nitrogen and oxygen atoms in total. The lowest BCUT2D eigenvalue weighted by molar-refractivity contribution is 0.174. The second-order valence-electron chi connectivity index (χ2n) is 5.69. The summed E-state index contributed by atoms with van der Waals surface area (Å²) in [7, 11) is 1.98. The van der Waals surface area contributed by atoms with Crippen LogP contribution in [0.4, 0.5) is 0 Å². The molecule has 1 aromatic carbocycles. The predicted octanol–water partition coefficient (Wildman–Crippen LogP) is 3.04. The molecule has 0 atom stereocenters. The van der Waals surface area contributed by atoms with Crippen molar-refractivity contribution >= 4 is 22.8 Å². The number of fused-ring (bicyclic) bond motifs is 2. The maximum absolute atomic E-state index is 5.39. The largest absolute Gasteiger partial charge is 0.454 e. The Hall–Kier alpha value is -3.07. The Morgan fingerprint density at radius 1 is 1.15 bits per heavy atom. The zero-order chi connectivity index (χ0) is 17.5. The van der Waals surface area contributed by atoms with Gasteiger partial charge in [0, 0.05) is 18.8 Å². The van der Waals surface area contributed by atoms with E-state index in [0.717, 1.165) is 27.5 Å². The molecule has 0 amide bonds. The van der Waals surface area contributed by atoms with E-state index in [9.17, 15) is 0 Å². The normalized spacial score (nSPS) is 12.8. The standard InChI is InChI=1S/C17H13N5O3S/c1-22-12-4-5-18-7-11(12)19-17(22)26-8-15-20-16(21-25-15)10-2-3-13-14(6-10)24-9-23-13/h2-7H,8-9H2,1H3. The predicted molar refractivity (Wildman–Crippen MR) is 93.9 cm³/mol. The van der Waals surface area contributed by atoms with Gasteiger partial charge >= 0.3 is 0 Å². The average molecular weight is 367 g/mol. The van der Waals surface area contributed by atoms with Gasteiger partial charge in [-0.15, -0.1) is 0 Å². The Labute approximate surface area is 152 Å². The van der Waals surface area contributed by atoms with Gasteiger partial charge in [0.05, 0.1) is 17.5 Å². The van der Waals surface area contributed by atoms with Gasteiger partial charge in [0.25, 0.3) is 0 Å². The molecule has 0 spiro atoms. The lowest BCUT2D eigenvalue weighted by atomic mass is 10.2. The van der Waals surface area contributed by atoms with Crippen LogP contribution in [-0.4, -0.2) is 31.5 Å². The van der Waals surface area contributed by atoms with E-state index in [-0.39, 0.29) is 6.79 Å². The summed E-state index contributed by atoms with van der Waals surface area (Å²) >= 11 is 1.54. The molecule has 1 aliphatic heterocycles. The Morgan fingerprint density at radius 3 is 3.00 bits per heavy atom. The van der Waals surface area contributed by atoms with Gasteiger partial charge in [0.2, 0.25) is 18.5 Å². The van der Waals surface area contributed by atoms with Gasteiger partial charge in [-0.1, -0.05) is 16.9 Å². The molecule has 0 aliphatic carbocycles. The van der Waals surface area contributed by atoms with E-state index in [1.807, 2.05) is 35.9 Å². The summed E-state index contributed by atoms with van der Waals surface area (Å²) in [6.07, 6.45) is 3.51. The molecule has 4 aromatic rings. The SMILES string of the molecule is Cn1c(SCc2nc(-c3ccc4c(c3)OCO4)no2)nc2cnccc21. The highest BCUT2D eigenvalue weighted by Gasteiger charge is 2.17. The molecule has 130 valence electrons. The van der Waals surface area contributed by atoms with E-state index in [1.54, 1.807) is 12.4 Å². The second kappa shape index (κ2) is 6.03. The van der Waals surface area contributed by atoms with Crippen molar-refractivity contribution in [2.75, 3.05) is 6.79 Å². The highest BCUT2D eigenvalue weighted by Crippen LogP contribution is 2.35. The van der Waals surface area contributed by atoms with Crippen molar-refractivity contribution in [3.8, 4) is 22.9 Å². The lowest BCUT2D eigenvalue weighted by Crippen LogP contribution is -1.92. The fourth-order valence-corrected chi connectivity index (χ4v) is 3.58. The molecule has 0 unspecified atom stereocenters. The number of ether oxygens (including phenoxy) is 2. The first kappa shape index (κ1) is 15.2. The third-order valence-electron chi connectivity index (χ3n) is 4.07. The highest BCUT2D eigenvalue weighted by atomic mass is 32.2. The maximum atomic E-state index is 5.39. The third-order valence-corrected chi connectivity index (χ3v) is 5.08. The molecule has 0 fully saturated rings. The first-order valence-corrected chi connectivity index (χ1v) is 8.88. The summed E-state index contributed by atoms with van der Waals surface area (Å²) in [6.45, 7) is 0.237. The van der Waals surface area contributed by atoms with Crippen molar-refractivity contribution in [2.45, 2.75) is 10.9 Å². The topological polar surface area (TPSA) is 88.1 Å². The zero-order valence-corrected chi connectivity index (χ0v) is 14.6. The average Bonchev–Trinajstić information content (AvgIpc) is 3.38. The number of aryl methyl sites for hydroxylation is 1. The highest BCUT2D eigenvalue weighted by molar-refractivity contribution is 7.98. The van der Waals surface area contributed by atoms with E-state index < -0.39 is 0 Å². The first-order valence-electron chi connectivity index (χ1n) is 7.90. The van der Waals surface area contributed by atoms with Crippen LogP contribution in [0.15, 0.2) is 46.3 Å². The molecule has 3 aromatic heterocycles. The summed E-state index contributed by atoms with van der Waals surface area (Å²) in [4.78, 5) is 13.1. The monoisotopic (exact) mass is 367 g/mol. The van der Waals surface area contributed by atoms with E-state index >= 15 is 0 Å². The lowest BCUT2D eigenvalue weighted by Gasteiger charge is -1.99. The molecular formula is C17H13N5O3S. The van der Waals surface area contributed by atoms with Gasteiger partial charge in [-0.2, -0.15) is 4.98 Å². The fraction of sp³-hybridized carbons (Fsp3) is 0.176. The van der Waals surface area contributed by atoms with Gasteiger partial charge in [-0.05, 0) is 24.3 Å². The number of hydrogen-bond donors (Lipinski definition) is 0. The molecule has 0 saturated heterocycles. The van der Waals surface area contributed by atoms with Crippen molar-refractivity contribution in [1.29, 1.82) is 0 Å². The van der Waals surface area contributed by atoms with Gasteiger partial charge < -0.3 is 18.6 Å². The molecule has 0 bridgehead atoms. The van der Waals surface area contributed by atoms with Crippen LogP contribution in [0, 0.1) is 0 Å². The van der Waals surface area contributed by atoms with E-state index in [0.29, 0.717) is 23.2 Å². The molecular weight excluding hydrogens is 354 g/mol. The number of benzene rings is 1. The quantitative estimate of drug-likeness (QED) is 0.509. The Balaban J connectivity index is 1.35. The summed E-state index contributed by atoms with van der Waals surface area (Å²) in [5.74, 6) is 3.00. The molecule has 26 heavy (non-hydrogen) atoms. The molecule has 9 heteroatoms. The number of thioether (sulfide) groups is 1. The van der Waals surface area contributed by atoms with E-state index in [1.165, 1.54) is 11.8 Å². The van der Waals surface area contributed by atoms with Crippen LogP contribution < -0.4 is 9.47 Å². The van der Waals surface area contributed by atoms with Crippen molar-refractivity contribution in [2.24, 2.45) is 7.05 Å². The number of hydrogen-bond acceptors (Lipinski definition) is 8. The Kier molecular flexibility index (Phi) is 3.52. The zero-order valence-electron chi connectivity index (χ0n) is 13.7. The van der Waals surface area contributed by atoms with Crippen LogP contribution in [0.1, 0.15) is 5.89 Å². The van der Waals surface area contributed by atoms with Crippen molar-refractivity contribution in [1.82, 2.24) is 24.7 Å². The third kappa shape index (κ3) is 2.57. The van der Waals surface area contributed by atoms with Crippen LogP contribution in [0.25, 0.3) is 22.4 Å². The van der Waals surface area contributed by atoms with Gasteiger partial charge in [0.15, 0.2) is 16.7 Å². The van der Waals surface area contributed by atoms with Crippen LogP contribution in [-0.2, 0) is 12.8 Å². The van der Waals surface area contributed by atoms with Gasteiger partial charge in [0.1, 0.15) is 5.52 Å². The summed E-state index contributed by atoms with van der Waals surface area (Å²) < 4.78 is 18.1. The fourth-order valence-electron chi connectivity index (χ4n) is 2.75. The molecule has 0 radical (unpaired) electrons. The minimum Gasteiger partial charge on any atom is -0.454 e. The van der Waals surface area contributed by atoms with Crippen LogP contribution in [0.5, 0.6) is 11.5 Å². The Morgan fingerprint density at radius 2 is 2.08 bits per heavy atom. The smallest absolute Gasteiger partial charge is 0.237 e.